The predicted octanol–water partition coefficient (Wildman–Crippen LogP) is 3.86. The van der Waals surface area contributed by atoms with Gasteiger partial charge >= 0.3 is 0 Å². The minimum absolute atomic E-state index is 0.190. The fourth-order valence-electron chi connectivity index (χ4n) is 3.14. The molecule has 148 valence electrons. The van der Waals surface area contributed by atoms with Crippen molar-refractivity contribution in [2.45, 2.75) is 25.9 Å². The van der Waals surface area contributed by atoms with E-state index >= 15 is 0 Å². The summed E-state index contributed by atoms with van der Waals surface area (Å²) in [4.78, 5) is 12.5. The van der Waals surface area contributed by atoms with E-state index in [9.17, 15) is 4.79 Å². The molecule has 1 unspecified atom stereocenters. The summed E-state index contributed by atoms with van der Waals surface area (Å²) in [6, 6.07) is 25.4. The van der Waals surface area contributed by atoms with Crippen molar-refractivity contribution in [2.24, 2.45) is 0 Å². The lowest BCUT2D eigenvalue weighted by atomic mass is 10.1. The third-order valence-electron chi connectivity index (χ3n) is 4.64. The molecule has 1 atom stereocenters. The van der Waals surface area contributed by atoms with Crippen molar-refractivity contribution in [2.75, 3.05) is 6.61 Å². The van der Waals surface area contributed by atoms with Gasteiger partial charge in [0.1, 0.15) is 6.61 Å². The van der Waals surface area contributed by atoms with Gasteiger partial charge in [0.2, 0.25) is 6.10 Å². The zero-order chi connectivity index (χ0) is 19.9. The van der Waals surface area contributed by atoms with Crippen molar-refractivity contribution in [3.8, 4) is 11.5 Å². The Morgan fingerprint density at radius 1 is 0.862 bits per heavy atom. The summed E-state index contributed by atoms with van der Waals surface area (Å²) in [5.41, 5.74) is 3.22. The molecule has 1 heterocycles. The van der Waals surface area contributed by atoms with Crippen LogP contribution in [0.5, 0.6) is 11.5 Å². The molecule has 0 saturated carbocycles. The molecule has 1 amide bonds. The number of rotatable bonds is 7. The normalized spacial score (nSPS) is 15.0. The summed E-state index contributed by atoms with van der Waals surface area (Å²) in [7, 11) is 0. The third-order valence-corrected chi connectivity index (χ3v) is 4.64. The lowest BCUT2D eigenvalue weighted by molar-refractivity contribution is -0.130. The maximum Gasteiger partial charge on any atom is 0.264 e. The van der Waals surface area contributed by atoms with Crippen LogP contribution in [0, 0.1) is 0 Å². The molecule has 5 nitrogen and oxygen atoms in total. The first-order valence-corrected chi connectivity index (χ1v) is 9.63. The van der Waals surface area contributed by atoms with E-state index in [4.69, 9.17) is 14.2 Å². The fourth-order valence-corrected chi connectivity index (χ4v) is 3.14. The molecule has 1 aliphatic heterocycles. The van der Waals surface area contributed by atoms with Crippen LogP contribution in [0.25, 0.3) is 0 Å². The summed E-state index contributed by atoms with van der Waals surface area (Å²) < 4.78 is 17.1. The van der Waals surface area contributed by atoms with Crippen LogP contribution in [0.3, 0.4) is 0 Å². The zero-order valence-corrected chi connectivity index (χ0v) is 16.0. The average molecular weight is 389 g/mol. The van der Waals surface area contributed by atoms with E-state index in [1.165, 1.54) is 0 Å². The predicted molar refractivity (Wildman–Crippen MR) is 110 cm³/mol. The molecule has 3 aromatic rings. The van der Waals surface area contributed by atoms with Gasteiger partial charge in [0.25, 0.3) is 5.91 Å². The van der Waals surface area contributed by atoms with E-state index in [0.717, 1.165) is 16.7 Å². The molecule has 0 aliphatic carbocycles. The Morgan fingerprint density at radius 3 is 2.41 bits per heavy atom. The highest BCUT2D eigenvalue weighted by molar-refractivity contribution is 5.81. The summed E-state index contributed by atoms with van der Waals surface area (Å²) in [6.45, 7) is 1.72. The van der Waals surface area contributed by atoms with Gasteiger partial charge in [0, 0.05) is 6.54 Å². The minimum Gasteiger partial charge on any atom is -0.485 e. The molecule has 29 heavy (non-hydrogen) atoms. The monoisotopic (exact) mass is 389 g/mol. The van der Waals surface area contributed by atoms with E-state index in [1.807, 2.05) is 72.8 Å². The molecule has 3 aromatic carbocycles. The summed E-state index contributed by atoms with van der Waals surface area (Å²) in [6.07, 6.45) is -0.651. The number of fused-ring (bicyclic) bond motifs is 1. The van der Waals surface area contributed by atoms with Crippen LogP contribution >= 0.6 is 0 Å². The fraction of sp³-hybridized carbons (Fsp3) is 0.208. The van der Waals surface area contributed by atoms with Crippen molar-refractivity contribution >= 4 is 5.91 Å². The van der Waals surface area contributed by atoms with Gasteiger partial charge in [-0.3, -0.25) is 4.79 Å². The Hall–Kier alpha value is -3.31. The van der Waals surface area contributed by atoms with Crippen LogP contribution in [-0.2, 0) is 29.3 Å². The molecule has 0 spiro atoms. The van der Waals surface area contributed by atoms with Crippen LogP contribution in [0.1, 0.15) is 16.7 Å². The zero-order valence-electron chi connectivity index (χ0n) is 16.0. The molecule has 5 heteroatoms. The lowest BCUT2D eigenvalue weighted by Crippen LogP contribution is -2.43. The third kappa shape index (κ3) is 5.15. The summed E-state index contributed by atoms with van der Waals surface area (Å²) >= 11 is 0. The van der Waals surface area contributed by atoms with Gasteiger partial charge in [0.15, 0.2) is 11.5 Å². The van der Waals surface area contributed by atoms with Gasteiger partial charge in [-0.15, -0.1) is 0 Å². The van der Waals surface area contributed by atoms with Crippen LogP contribution in [-0.4, -0.2) is 18.6 Å². The number of benzene rings is 3. The van der Waals surface area contributed by atoms with E-state index in [-0.39, 0.29) is 12.5 Å². The molecular weight excluding hydrogens is 366 g/mol. The van der Waals surface area contributed by atoms with Crippen molar-refractivity contribution in [3.63, 3.8) is 0 Å². The number of para-hydroxylation sites is 2. The number of amides is 1. The van der Waals surface area contributed by atoms with E-state index < -0.39 is 6.10 Å². The second kappa shape index (κ2) is 9.26. The van der Waals surface area contributed by atoms with E-state index in [0.29, 0.717) is 31.3 Å². The van der Waals surface area contributed by atoms with Gasteiger partial charge in [-0.2, -0.15) is 0 Å². The second-order valence-electron chi connectivity index (χ2n) is 6.88. The van der Waals surface area contributed by atoms with Crippen LogP contribution in [0.4, 0.5) is 0 Å². The highest BCUT2D eigenvalue weighted by atomic mass is 16.6. The van der Waals surface area contributed by atoms with Crippen LogP contribution < -0.4 is 14.8 Å². The molecule has 0 aromatic heterocycles. The quantitative estimate of drug-likeness (QED) is 0.667. The average Bonchev–Trinajstić information content (AvgIpc) is 2.78. The minimum atomic E-state index is -0.651. The van der Waals surface area contributed by atoms with E-state index in [1.54, 1.807) is 6.07 Å². The first kappa shape index (κ1) is 19.0. The van der Waals surface area contributed by atoms with Crippen molar-refractivity contribution in [3.05, 3.63) is 95.6 Å². The Labute approximate surface area is 170 Å². The number of carbonyl (C=O) groups is 1. The Balaban J connectivity index is 1.26. The standard InChI is InChI=1S/C24H23NO4/c26-24(23-17-28-21-11-4-5-12-22(21)29-23)25-14-19-9-6-10-20(13-19)16-27-15-18-7-2-1-3-8-18/h1-13,23H,14-17H2,(H,25,26). The van der Waals surface area contributed by atoms with Crippen molar-refractivity contribution < 1.29 is 19.0 Å². The number of hydrogen-bond donors (Lipinski definition) is 1. The molecule has 0 saturated heterocycles. The number of nitrogens with one attached hydrogen (secondary N) is 1. The smallest absolute Gasteiger partial charge is 0.264 e. The lowest BCUT2D eigenvalue weighted by Gasteiger charge is -2.25. The highest BCUT2D eigenvalue weighted by Crippen LogP contribution is 2.30. The first-order chi connectivity index (χ1) is 14.3. The highest BCUT2D eigenvalue weighted by Gasteiger charge is 2.26. The maximum absolute atomic E-state index is 12.5. The molecule has 1 N–H and O–H groups in total. The van der Waals surface area contributed by atoms with E-state index in [2.05, 4.69) is 5.32 Å². The molecule has 4 rings (SSSR count). The molecular formula is C24H23NO4. The molecule has 0 bridgehead atoms. The number of hydrogen-bond acceptors (Lipinski definition) is 4. The Bertz CT molecular complexity index is 958. The summed E-state index contributed by atoms with van der Waals surface area (Å²) in [5.74, 6) is 1.07. The number of ether oxygens (including phenoxy) is 3. The van der Waals surface area contributed by atoms with Gasteiger partial charge in [-0.25, -0.2) is 0 Å². The molecule has 0 fully saturated rings. The van der Waals surface area contributed by atoms with Gasteiger partial charge in [0.05, 0.1) is 13.2 Å². The van der Waals surface area contributed by atoms with Gasteiger partial charge in [-0.1, -0.05) is 66.7 Å². The Morgan fingerprint density at radius 2 is 1.55 bits per heavy atom. The maximum atomic E-state index is 12.5. The summed E-state index contributed by atoms with van der Waals surface area (Å²) in [5, 5.41) is 2.92. The Kier molecular flexibility index (Phi) is 6.07. The van der Waals surface area contributed by atoms with Crippen LogP contribution in [0.2, 0.25) is 0 Å². The van der Waals surface area contributed by atoms with Gasteiger partial charge in [-0.05, 0) is 28.8 Å². The first-order valence-electron chi connectivity index (χ1n) is 9.63. The molecule has 0 radical (unpaired) electrons. The van der Waals surface area contributed by atoms with Crippen LogP contribution in [0.15, 0.2) is 78.9 Å². The van der Waals surface area contributed by atoms with Crippen molar-refractivity contribution in [1.82, 2.24) is 5.32 Å². The largest absolute Gasteiger partial charge is 0.485 e. The van der Waals surface area contributed by atoms with Crippen molar-refractivity contribution in [1.29, 1.82) is 0 Å². The molecule has 1 aliphatic rings. The number of carbonyl (C=O) groups excluding carboxylic acids is 1. The SMILES string of the molecule is O=C(NCc1cccc(COCc2ccccc2)c1)C1COc2ccccc2O1. The second-order valence-corrected chi connectivity index (χ2v) is 6.88. The topological polar surface area (TPSA) is 56.8 Å². The van der Waals surface area contributed by atoms with Gasteiger partial charge < -0.3 is 19.5 Å².